The van der Waals surface area contributed by atoms with Crippen molar-refractivity contribution in [1.29, 1.82) is 0 Å². The number of hydrogen-bond donors (Lipinski definition) is 2. The second-order valence-electron chi connectivity index (χ2n) is 7.28. The van der Waals surface area contributed by atoms with Crippen molar-refractivity contribution in [3.63, 3.8) is 0 Å². The van der Waals surface area contributed by atoms with E-state index in [-0.39, 0.29) is 12.1 Å². The SMILES string of the molecule is CCCNC1(CO)CCCC(N2CCN(C(C)C)CC2)C1. The minimum Gasteiger partial charge on any atom is -0.394 e. The molecule has 1 saturated carbocycles. The van der Waals surface area contributed by atoms with Crippen molar-refractivity contribution < 1.29 is 5.11 Å². The number of nitrogens with one attached hydrogen (secondary N) is 1. The van der Waals surface area contributed by atoms with E-state index in [1.165, 1.54) is 39.0 Å². The molecule has 1 saturated heterocycles. The van der Waals surface area contributed by atoms with Crippen LogP contribution < -0.4 is 5.32 Å². The lowest BCUT2D eigenvalue weighted by atomic mass is 9.78. The van der Waals surface area contributed by atoms with Crippen LogP contribution >= 0.6 is 0 Å². The van der Waals surface area contributed by atoms with Crippen molar-refractivity contribution in [2.24, 2.45) is 0 Å². The summed E-state index contributed by atoms with van der Waals surface area (Å²) >= 11 is 0. The molecule has 0 radical (unpaired) electrons. The largest absolute Gasteiger partial charge is 0.394 e. The van der Waals surface area contributed by atoms with Gasteiger partial charge in [0.25, 0.3) is 0 Å². The van der Waals surface area contributed by atoms with Crippen LogP contribution in [0.1, 0.15) is 52.9 Å². The summed E-state index contributed by atoms with van der Waals surface area (Å²) in [6.45, 7) is 12.9. The summed E-state index contributed by atoms with van der Waals surface area (Å²) in [7, 11) is 0. The van der Waals surface area contributed by atoms with Crippen LogP contribution in [-0.2, 0) is 0 Å². The average Bonchev–Trinajstić information content (AvgIpc) is 2.53. The molecule has 2 atom stereocenters. The zero-order valence-electron chi connectivity index (χ0n) is 14.3. The first-order valence-electron chi connectivity index (χ1n) is 8.94. The third-order valence-electron chi connectivity index (χ3n) is 5.47. The molecule has 4 nitrogen and oxygen atoms in total. The molecule has 4 heteroatoms. The third kappa shape index (κ3) is 4.41. The highest BCUT2D eigenvalue weighted by atomic mass is 16.3. The summed E-state index contributed by atoms with van der Waals surface area (Å²) in [5.74, 6) is 0. The van der Waals surface area contributed by atoms with Gasteiger partial charge in [-0.2, -0.15) is 0 Å². The van der Waals surface area contributed by atoms with E-state index in [9.17, 15) is 5.11 Å². The molecule has 124 valence electrons. The highest BCUT2D eigenvalue weighted by molar-refractivity contribution is 4.97. The summed E-state index contributed by atoms with van der Waals surface area (Å²) in [5.41, 5.74) is -0.0197. The highest BCUT2D eigenvalue weighted by Gasteiger charge is 2.38. The van der Waals surface area contributed by atoms with Gasteiger partial charge in [0, 0.05) is 43.8 Å². The highest BCUT2D eigenvalue weighted by Crippen LogP contribution is 2.31. The molecule has 1 aliphatic carbocycles. The molecular formula is C17H35N3O. The van der Waals surface area contributed by atoms with Crippen LogP contribution in [0.5, 0.6) is 0 Å². The minimum absolute atomic E-state index is 0.0197. The van der Waals surface area contributed by atoms with Crippen molar-refractivity contribution in [3.05, 3.63) is 0 Å². The fraction of sp³-hybridized carbons (Fsp3) is 1.00. The van der Waals surface area contributed by atoms with Crippen molar-refractivity contribution in [2.75, 3.05) is 39.3 Å². The molecule has 2 rings (SSSR count). The number of hydrogen-bond acceptors (Lipinski definition) is 4. The maximum atomic E-state index is 9.91. The van der Waals surface area contributed by atoms with Gasteiger partial charge in [-0.15, -0.1) is 0 Å². The Balaban J connectivity index is 1.89. The Morgan fingerprint density at radius 2 is 1.95 bits per heavy atom. The molecule has 2 aliphatic rings. The molecule has 2 fully saturated rings. The Bertz CT molecular complexity index is 302. The van der Waals surface area contributed by atoms with E-state index < -0.39 is 0 Å². The van der Waals surface area contributed by atoms with Crippen LogP contribution in [0.3, 0.4) is 0 Å². The summed E-state index contributed by atoms with van der Waals surface area (Å²) < 4.78 is 0. The van der Waals surface area contributed by atoms with Crippen LogP contribution in [0.2, 0.25) is 0 Å². The van der Waals surface area contributed by atoms with Crippen molar-refractivity contribution in [1.82, 2.24) is 15.1 Å². The maximum absolute atomic E-state index is 9.91. The van der Waals surface area contributed by atoms with E-state index in [1.54, 1.807) is 0 Å². The standard InChI is InChI=1S/C17H35N3O/c1-4-8-18-17(14-21)7-5-6-16(13-17)20-11-9-19(10-12-20)15(2)3/h15-16,18,21H,4-14H2,1-3H3. The Morgan fingerprint density at radius 3 is 2.52 bits per heavy atom. The molecule has 0 amide bonds. The van der Waals surface area contributed by atoms with E-state index >= 15 is 0 Å². The van der Waals surface area contributed by atoms with Gasteiger partial charge in [-0.05, 0) is 52.5 Å². The summed E-state index contributed by atoms with van der Waals surface area (Å²) in [5, 5.41) is 13.6. The fourth-order valence-electron chi connectivity index (χ4n) is 4.01. The fourth-order valence-corrected chi connectivity index (χ4v) is 4.01. The Morgan fingerprint density at radius 1 is 1.24 bits per heavy atom. The summed E-state index contributed by atoms with van der Waals surface area (Å²) in [4.78, 5) is 5.25. The lowest BCUT2D eigenvalue weighted by Gasteiger charge is -2.47. The third-order valence-corrected chi connectivity index (χ3v) is 5.47. The smallest absolute Gasteiger partial charge is 0.0613 e. The molecule has 0 aromatic heterocycles. The van der Waals surface area contributed by atoms with E-state index in [2.05, 4.69) is 35.9 Å². The van der Waals surface area contributed by atoms with Crippen molar-refractivity contribution in [3.8, 4) is 0 Å². The van der Waals surface area contributed by atoms with Gasteiger partial charge in [-0.1, -0.05) is 6.92 Å². The van der Waals surface area contributed by atoms with Crippen LogP contribution in [0.25, 0.3) is 0 Å². The number of piperazine rings is 1. The van der Waals surface area contributed by atoms with Crippen molar-refractivity contribution in [2.45, 2.75) is 70.5 Å². The van der Waals surface area contributed by atoms with Crippen LogP contribution in [-0.4, -0.2) is 71.9 Å². The number of aliphatic hydroxyl groups is 1. The van der Waals surface area contributed by atoms with Crippen molar-refractivity contribution >= 4 is 0 Å². The van der Waals surface area contributed by atoms with Gasteiger partial charge in [0.05, 0.1) is 6.61 Å². The normalized spacial score (nSPS) is 32.7. The molecule has 21 heavy (non-hydrogen) atoms. The molecule has 2 N–H and O–H groups in total. The first-order valence-corrected chi connectivity index (χ1v) is 8.94. The number of nitrogens with zero attached hydrogens (tertiary/aromatic N) is 2. The van der Waals surface area contributed by atoms with Gasteiger partial charge < -0.3 is 10.4 Å². The predicted octanol–water partition coefficient (Wildman–Crippen LogP) is 1.69. The zero-order valence-corrected chi connectivity index (χ0v) is 14.3. The molecule has 0 aromatic rings. The second-order valence-corrected chi connectivity index (χ2v) is 7.28. The lowest BCUT2D eigenvalue weighted by Crippen LogP contribution is -2.59. The van der Waals surface area contributed by atoms with Gasteiger partial charge in [-0.3, -0.25) is 9.80 Å². The second kappa shape index (κ2) is 7.91. The Hall–Kier alpha value is -0.160. The molecule has 1 heterocycles. The molecule has 0 spiro atoms. The first-order chi connectivity index (χ1) is 10.1. The quantitative estimate of drug-likeness (QED) is 0.782. The number of aliphatic hydroxyl groups excluding tert-OH is 1. The van der Waals surface area contributed by atoms with E-state index in [4.69, 9.17) is 0 Å². The molecule has 0 aromatic carbocycles. The molecule has 2 unspecified atom stereocenters. The Labute approximate surface area is 130 Å². The summed E-state index contributed by atoms with van der Waals surface area (Å²) in [6.07, 6.45) is 5.93. The van der Waals surface area contributed by atoms with Gasteiger partial charge in [-0.25, -0.2) is 0 Å². The molecule has 0 bridgehead atoms. The van der Waals surface area contributed by atoms with Gasteiger partial charge in [0.15, 0.2) is 0 Å². The van der Waals surface area contributed by atoms with Gasteiger partial charge >= 0.3 is 0 Å². The lowest BCUT2D eigenvalue weighted by molar-refractivity contribution is 0.0260. The Kier molecular flexibility index (Phi) is 6.48. The molecule has 1 aliphatic heterocycles. The average molecular weight is 297 g/mol. The van der Waals surface area contributed by atoms with Gasteiger partial charge in [0.1, 0.15) is 0 Å². The van der Waals surface area contributed by atoms with E-state index in [0.29, 0.717) is 12.1 Å². The number of rotatable bonds is 6. The maximum Gasteiger partial charge on any atom is 0.0613 e. The predicted molar refractivity (Wildman–Crippen MR) is 88.6 cm³/mol. The van der Waals surface area contributed by atoms with E-state index in [0.717, 1.165) is 25.8 Å². The van der Waals surface area contributed by atoms with Crippen LogP contribution in [0.4, 0.5) is 0 Å². The molecular weight excluding hydrogens is 262 g/mol. The van der Waals surface area contributed by atoms with Crippen LogP contribution in [0.15, 0.2) is 0 Å². The summed E-state index contributed by atoms with van der Waals surface area (Å²) in [6, 6.07) is 1.32. The monoisotopic (exact) mass is 297 g/mol. The minimum atomic E-state index is -0.0197. The first kappa shape index (κ1) is 17.2. The topological polar surface area (TPSA) is 38.7 Å². The van der Waals surface area contributed by atoms with Gasteiger partial charge in [0.2, 0.25) is 0 Å². The zero-order chi connectivity index (χ0) is 15.3. The van der Waals surface area contributed by atoms with Crippen LogP contribution in [0, 0.1) is 0 Å². The van der Waals surface area contributed by atoms with E-state index in [1.807, 2.05) is 0 Å².